The van der Waals surface area contributed by atoms with Crippen molar-refractivity contribution < 1.29 is 28.5 Å². The Bertz CT molecular complexity index is 891. The molecule has 0 aliphatic heterocycles. The maximum Gasteiger partial charge on any atom is 0.229 e. The molecule has 0 aliphatic carbocycles. The molecule has 0 saturated carbocycles. The quantitative estimate of drug-likeness (QED) is 0.444. The van der Waals surface area contributed by atoms with Gasteiger partial charge in [-0.2, -0.15) is 0 Å². The maximum absolute atomic E-state index is 11.9. The molecule has 2 heterocycles. The molecule has 2 aromatic heterocycles. The summed E-state index contributed by atoms with van der Waals surface area (Å²) in [6.45, 7) is 10.1. The molecular weight excluding hydrogens is 416 g/mol. The maximum atomic E-state index is 11.9. The second kappa shape index (κ2) is 11.3. The summed E-state index contributed by atoms with van der Waals surface area (Å²) in [5.74, 6) is -0.750. The van der Waals surface area contributed by atoms with Gasteiger partial charge in [-0.1, -0.05) is 27.7 Å². The number of rotatable bonds is 13. The minimum Gasteiger partial charge on any atom is -0.502 e. The van der Waals surface area contributed by atoms with E-state index < -0.39 is 10.9 Å². The SMILES string of the molecule is CC(C)(CCOCCOCCC(C)(C)Cc1cocc(O)c1=O)Cc1cocc(O)c1=O. The fraction of sp³-hybridized carbons (Fsp3) is 0.583. The predicted octanol–water partition coefficient (Wildman–Crippen LogP) is 3.66. The Morgan fingerprint density at radius 3 is 1.44 bits per heavy atom. The van der Waals surface area contributed by atoms with Gasteiger partial charge in [0.25, 0.3) is 0 Å². The third-order valence-corrected chi connectivity index (χ3v) is 5.38. The second-order valence-electron chi connectivity index (χ2n) is 9.63. The van der Waals surface area contributed by atoms with Gasteiger partial charge in [0.1, 0.15) is 12.5 Å². The summed E-state index contributed by atoms with van der Waals surface area (Å²) in [4.78, 5) is 23.9. The van der Waals surface area contributed by atoms with Gasteiger partial charge in [0, 0.05) is 24.3 Å². The van der Waals surface area contributed by atoms with Gasteiger partial charge < -0.3 is 28.5 Å². The molecule has 0 radical (unpaired) electrons. The van der Waals surface area contributed by atoms with E-state index in [9.17, 15) is 19.8 Å². The van der Waals surface area contributed by atoms with E-state index in [1.165, 1.54) is 12.5 Å². The van der Waals surface area contributed by atoms with Crippen LogP contribution in [0.25, 0.3) is 0 Å². The molecule has 0 aliphatic rings. The fourth-order valence-corrected chi connectivity index (χ4v) is 3.37. The van der Waals surface area contributed by atoms with Crippen LogP contribution in [0.4, 0.5) is 0 Å². The van der Waals surface area contributed by atoms with Crippen molar-refractivity contribution in [3.63, 3.8) is 0 Å². The predicted molar refractivity (Wildman–Crippen MR) is 119 cm³/mol. The Morgan fingerprint density at radius 2 is 1.06 bits per heavy atom. The van der Waals surface area contributed by atoms with E-state index in [0.29, 0.717) is 50.4 Å². The van der Waals surface area contributed by atoms with Gasteiger partial charge in [0.2, 0.25) is 10.9 Å². The molecule has 2 N–H and O–H groups in total. The van der Waals surface area contributed by atoms with Crippen LogP contribution in [0.3, 0.4) is 0 Å². The Hall–Kier alpha value is -2.58. The molecular formula is C24H34O8. The van der Waals surface area contributed by atoms with Gasteiger partial charge >= 0.3 is 0 Å². The van der Waals surface area contributed by atoms with E-state index in [1.54, 1.807) is 0 Å². The van der Waals surface area contributed by atoms with Crippen LogP contribution in [-0.4, -0.2) is 36.6 Å². The summed E-state index contributed by atoms with van der Waals surface area (Å²) in [7, 11) is 0. The average Bonchev–Trinajstić information content (AvgIpc) is 2.70. The first-order chi connectivity index (χ1) is 15.0. The van der Waals surface area contributed by atoms with Crippen LogP contribution in [-0.2, 0) is 22.3 Å². The number of ether oxygens (including phenoxy) is 2. The number of hydrogen-bond donors (Lipinski definition) is 2. The van der Waals surface area contributed by atoms with Gasteiger partial charge in [0.15, 0.2) is 11.5 Å². The van der Waals surface area contributed by atoms with Crippen LogP contribution in [0.15, 0.2) is 43.5 Å². The van der Waals surface area contributed by atoms with Crippen molar-refractivity contribution in [1.29, 1.82) is 0 Å². The van der Waals surface area contributed by atoms with Crippen LogP contribution in [0, 0.1) is 10.8 Å². The Balaban J connectivity index is 1.62. The third-order valence-electron chi connectivity index (χ3n) is 5.38. The van der Waals surface area contributed by atoms with Crippen LogP contribution >= 0.6 is 0 Å². The summed E-state index contributed by atoms with van der Waals surface area (Å²) >= 11 is 0. The lowest BCUT2D eigenvalue weighted by molar-refractivity contribution is 0.0287. The molecule has 8 heteroatoms. The van der Waals surface area contributed by atoms with Crippen LogP contribution in [0.2, 0.25) is 0 Å². The second-order valence-corrected chi connectivity index (χ2v) is 9.63. The molecule has 0 fully saturated rings. The molecule has 0 atom stereocenters. The van der Waals surface area contributed by atoms with Gasteiger partial charge in [-0.05, 0) is 36.5 Å². The molecule has 0 unspecified atom stereocenters. The van der Waals surface area contributed by atoms with Crippen molar-refractivity contribution in [2.75, 3.05) is 26.4 Å². The summed E-state index contributed by atoms with van der Waals surface area (Å²) in [5.41, 5.74) is -0.274. The van der Waals surface area contributed by atoms with Gasteiger partial charge in [-0.15, -0.1) is 0 Å². The summed E-state index contributed by atoms with van der Waals surface area (Å²) < 4.78 is 21.3. The van der Waals surface area contributed by atoms with E-state index in [0.717, 1.165) is 25.4 Å². The lowest BCUT2D eigenvalue weighted by Crippen LogP contribution is -2.23. The lowest BCUT2D eigenvalue weighted by atomic mass is 9.83. The summed E-state index contributed by atoms with van der Waals surface area (Å²) in [6, 6.07) is 0. The van der Waals surface area contributed by atoms with E-state index in [1.807, 2.05) is 27.7 Å². The largest absolute Gasteiger partial charge is 0.502 e. The van der Waals surface area contributed by atoms with Crippen molar-refractivity contribution in [2.24, 2.45) is 10.8 Å². The zero-order valence-electron chi connectivity index (χ0n) is 19.3. The Morgan fingerprint density at radius 1 is 0.688 bits per heavy atom. The monoisotopic (exact) mass is 450 g/mol. The van der Waals surface area contributed by atoms with Gasteiger partial charge in [-0.3, -0.25) is 9.59 Å². The smallest absolute Gasteiger partial charge is 0.229 e. The molecule has 0 bridgehead atoms. The van der Waals surface area contributed by atoms with E-state index >= 15 is 0 Å². The Kier molecular flexibility index (Phi) is 9.09. The minimum absolute atomic E-state index is 0.189. The van der Waals surface area contributed by atoms with Crippen molar-refractivity contribution >= 4 is 0 Å². The van der Waals surface area contributed by atoms with E-state index in [2.05, 4.69) is 0 Å². The third kappa shape index (κ3) is 8.16. The number of aromatic hydroxyl groups is 2. The minimum atomic E-state index is -0.397. The average molecular weight is 451 g/mol. The number of hydrogen-bond acceptors (Lipinski definition) is 8. The molecule has 0 spiro atoms. The Labute approximate surface area is 187 Å². The first-order valence-corrected chi connectivity index (χ1v) is 10.7. The molecule has 0 amide bonds. The fourth-order valence-electron chi connectivity index (χ4n) is 3.37. The molecule has 0 aromatic carbocycles. The van der Waals surface area contributed by atoms with Crippen LogP contribution < -0.4 is 10.9 Å². The van der Waals surface area contributed by atoms with Crippen molar-refractivity contribution in [2.45, 2.75) is 53.4 Å². The van der Waals surface area contributed by atoms with Crippen LogP contribution in [0.5, 0.6) is 11.5 Å². The first kappa shape index (κ1) is 25.7. The highest BCUT2D eigenvalue weighted by Crippen LogP contribution is 2.26. The highest BCUT2D eigenvalue weighted by atomic mass is 16.5. The topological polar surface area (TPSA) is 119 Å². The molecule has 178 valence electrons. The molecule has 2 aromatic rings. The summed E-state index contributed by atoms with van der Waals surface area (Å²) in [5, 5.41) is 19.0. The van der Waals surface area contributed by atoms with Gasteiger partial charge in [0.05, 0.1) is 25.7 Å². The molecule has 8 nitrogen and oxygen atoms in total. The van der Waals surface area contributed by atoms with Crippen molar-refractivity contribution in [1.82, 2.24) is 0 Å². The summed E-state index contributed by atoms with van der Waals surface area (Å²) in [6.07, 6.45) is 7.27. The molecule has 32 heavy (non-hydrogen) atoms. The van der Waals surface area contributed by atoms with E-state index in [-0.39, 0.29) is 22.3 Å². The van der Waals surface area contributed by atoms with E-state index in [4.69, 9.17) is 18.3 Å². The van der Waals surface area contributed by atoms with Crippen molar-refractivity contribution in [3.05, 3.63) is 56.6 Å². The molecule has 2 rings (SSSR count). The zero-order valence-corrected chi connectivity index (χ0v) is 19.3. The first-order valence-electron chi connectivity index (χ1n) is 10.7. The van der Waals surface area contributed by atoms with Gasteiger partial charge in [-0.25, -0.2) is 0 Å². The lowest BCUT2D eigenvalue weighted by Gasteiger charge is -2.24. The van der Waals surface area contributed by atoms with Crippen LogP contribution in [0.1, 0.15) is 51.7 Å². The zero-order chi connectivity index (χ0) is 23.8. The van der Waals surface area contributed by atoms with Crippen molar-refractivity contribution in [3.8, 4) is 11.5 Å². The highest BCUT2D eigenvalue weighted by molar-refractivity contribution is 5.22. The normalized spacial score (nSPS) is 12.2. The standard InChI is InChI=1S/C24H34O8/c1-23(2,11-17-13-31-15-19(25)21(17)27)5-7-29-9-10-30-8-6-24(3,4)12-18-14-32-16-20(26)22(18)28/h13-16,25-26H,5-12H2,1-4H3. The molecule has 0 saturated heterocycles. The highest BCUT2D eigenvalue weighted by Gasteiger charge is 2.22.